The minimum Gasteiger partial charge on any atom is -0.493 e. The number of methoxy groups -OCH3 is 2. The van der Waals surface area contributed by atoms with Crippen LogP contribution in [0.4, 0.5) is 0 Å². The van der Waals surface area contributed by atoms with Gasteiger partial charge in [-0.3, -0.25) is 4.90 Å². The summed E-state index contributed by atoms with van der Waals surface area (Å²) in [6, 6.07) is 15.2. The molecule has 5 nitrogen and oxygen atoms in total. The first kappa shape index (κ1) is 21.4. The Morgan fingerprint density at radius 1 is 1.17 bits per heavy atom. The second kappa shape index (κ2) is 9.94. The van der Waals surface area contributed by atoms with E-state index in [1.165, 1.54) is 16.7 Å². The summed E-state index contributed by atoms with van der Waals surface area (Å²) in [4.78, 5) is 2.52. The Labute approximate surface area is 179 Å². The average Bonchev–Trinajstić information content (AvgIpc) is 2.73. The van der Waals surface area contributed by atoms with Crippen molar-refractivity contribution < 1.29 is 9.47 Å². The third-order valence-corrected chi connectivity index (χ3v) is 5.69. The van der Waals surface area contributed by atoms with Crippen molar-refractivity contribution >= 4 is 17.3 Å². The Morgan fingerprint density at radius 2 is 1.86 bits per heavy atom. The van der Waals surface area contributed by atoms with Crippen molar-refractivity contribution in [1.29, 1.82) is 0 Å². The Bertz CT molecular complexity index is 828. The van der Waals surface area contributed by atoms with Crippen molar-refractivity contribution in [3.63, 3.8) is 0 Å². The fourth-order valence-corrected chi connectivity index (χ4v) is 4.44. The van der Waals surface area contributed by atoms with E-state index < -0.39 is 0 Å². The van der Waals surface area contributed by atoms with Crippen LogP contribution in [0.5, 0.6) is 11.5 Å². The Morgan fingerprint density at radius 3 is 2.52 bits per heavy atom. The van der Waals surface area contributed by atoms with Crippen molar-refractivity contribution in [2.24, 2.45) is 0 Å². The van der Waals surface area contributed by atoms with Crippen LogP contribution in [0.1, 0.15) is 36.6 Å². The summed E-state index contributed by atoms with van der Waals surface area (Å²) in [7, 11) is 3.37. The van der Waals surface area contributed by atoms with Gasteiger partial charge in [-0.1, -0.05) is 30.3 Å². The number of fused-ring (bicyclic) bond motifs is 1. The van der Waals surface area contributed by atoms with Crippen LogP contribution in [0.15, 0.2) is 42.5 Å². The van der Waals surface area contributed by atoms with E-state index in [1.54, 1.807) is 14.2 Å². The lowest BCUT2D eigenvalue weighted by atomic mass is 9.87. The normalized spacial score (nSPS) is 17.2. The minimum absolute atomic E-state index is 0.127. The quantitative estimate of drug-likeness (QED) is 0.676. The summed E-state index contributed by atoms with van der Waals surface area (Å²) in [5, 5.41) is 7.37. The topological polar surface area (TPSA) is 45.8 Å². The number of benzene rings is 2. The van der Waals surface area contributed by atoms with Crippen LogP contribution in [0.25, 0.3) is 0 Å². The third kappa shape index (κ3) is 5.00. The van der Waals surface area contributed by atoms with Crippen molar-refractivity contribution in [3.8, 4) is 11.5 Å². The summed E-state index contributed by atoms with van der Waals surface area (Å²) in [6.07, 6.45) is 0.976. The zero-order valence-corrected chi connectivity index (χ0v) is 18.5. The van der Waals surface area contributed by atoms with E-state index in [9.17, 15) is 0 Å². The maximum Gasteiger partial charge on any atom is 0.166 e. The van der Waals surface area contributed by atoms with Crippen molar-refractivity contribution in [1.82, 2.24) is 15.5 Å². The fraction of sp³-hybridized carbons (Fsp3) is 0.435. The molecule has 0 bridgehead atoms. The van der Waals surface area contributed by atoms with E-state index in [2.05, 4.69) is 64.9 Å². The lowest BCUT2D eigenvalue weighted by Gasteiger charge is -2.41. The molecule has 0 unspecified atom stereocenters. The molecule has 0 aliphatic carbocycles. The average molecular weight is 414 g/mol. The SMILES string of the molecule is CCNC(=S)N[C@@H](C)[C@H]1c2cc(OC)c(OC)cc2CCN1Cc1ccccc1. The van der Waals surface area contributed by atoms with Crippen LogP contribution in [0.2, 0.25) is 0 Å². The molecule has 0 saturated carbocycles. The Balaban J connectivity index is 1.96. The second-order valence-electron chi connectivity index (χ2n) is 7.35. The number of nitrogens with one attached hydrogen (secondary N) is 2. The van der Waals surface area contributed by atoms with E-state index in [0.29, 0.717) is 5.11 Å². The highest BCUT2D eigenvalue weighted by Crippen LogP contribution is 2.40. The summed E-state index contributed by atoms with van der Waals surface area (Å²) in [6.45, 7) is 6.91. The van der Waals surface area contributed by atoms with Gasteiger partial charge in [0.05, 0.1) is 20.3 Å². The summed E-state index contributed by atoms with van der Waals surface area (Å²) >= 11 is 5.47. The highest BCUT2D eigenvalue weighted by atomic mass is 32.1. The van der Waals surface area contributed by atoms with Gasteiger partial charge in [0.25, 0.3) is 0 Å². The standard InChI is InChI=1S/C23H31N3O2S/c1-5-24-23(29)25-16(2)22-19-14-21(28-4)20(27-3)13-18(19)11-12-26(22)15-17-9-7-6-8-10-17/h6-10,13-14,16,22H,5,11-12,15H2,1-4H3,(H2,24,25,29)/t16-,22-/m0/s1. The predicted molar refractivity (Wildman–Crippen MR) is 122 cm³/mol. The molecule has 0 aromatic heterocycles. The number of ether oxygens (including phenoxy) is 2. The maximum atomic E-state index is 5.60. The van der Waals surface area contributed by atoms with E-state index >= 15 is 0 Å². The molecule has 1 aliphatic rings. The number of hydrogen-bond acceptors (Lipinski definition) is 4. The van der Waals surface area contributed by atoms with Gasteiger partial charge < -0.3 is 20.1 Å². The van der Waals surface area contributed by atoms with Crippen LogP contribution in [-0.2, 0) is 13.0 Å². The van der Waals surface area contributed by atoms with Crippen molar-refractivity contribution in [2.45, 2.75) is 38.9 Å². The number of thiocarbonyl (C=S) groups is 1. The largest absolute Gasteiger partial charge is 0.493 e. The van der Waals surface area contributed by atoms with Gasteiger partial charge in [0.2, 0.25) is 0 Å². The summed E-state index contributed by atoms with van der Waals surface area (Å²) in [5.41, 5.74) is 3.88. The van der Waals surface area contributed by atoms with Gasteiger partial charge in [-0.05, 0) is 61.3 Å². The monoisotopic (exact) mass is 413 g/mol. The summed E-state index contributed by atoms with van der Waals surface area (Å²) in [5.74, 6) is 1.55. The number of rotatable bonds is 7. The van der Waals surface area contributed by atoms with Gasteiger partial charge in [-0.15, -0.1) is 0 Å². The lowest BCUT2D eigenvalue weighted by molar-refractivity contribution is 0.149. The fourth-order valence-electron chi connectivity index (χ4n) is 4.11. The van der Waals surface area contributed by atoms with Crippen LogP contribution in [0, 0.1) is 0 Å². The molecular weight excluding hydrogens is 382 g/mol. The Hall–Kier alpha value is -2.31. The number of nitrogens with zero attached hydrogens (tertiary/aromatic N) is 1. The van der Waals surface area contributed by atoms with Gasteiger partial charge >= 0.3 is 0 Å². The van der Waals surface area contributed by atoms with Crippen molar-refractivity contribution in [2.75, 3.05) is 27.3 Å². The van der Waals surface area contributed by atoms with Gasteiger partial charge in [-0.25, -0.2) is 0 Å². The third-order valence-electron chi connectivity index (χ3n) is 5.42. The molecule has 3 rings (SSSR count). The molecule has 1 heterocycles. The molecule has 0 spiro atoms. The second-order valence-corrected chi connectivity index (χ2v) is 7.76. The minimum atomic E-state index is 0.127. The zero-order valence-electron chi connectivity index (χ0n) is 17.7. The van der Waals surface area contributed by atoms with E-state index in [4.69, 9.17) is 21.7 Å². The van der Waals surface area contributed by atoms with Crippen LogP contribution < -0.4 is 20.1 Å². The van der Waals surface area contributed by atoms with Gasteiger partial charge in [0.15, 0.2) is 16.6 Å². The van der Waals surface area contributed by atoms with Crippen LogP contribution in [-0.4, -0.2) is 43.4 Å². The lowest BCUT2D eigenvalue weighted by Crippen LogP contribution is -2.49. The first-order valence-electron chi connectivity index (χ1n) is 10.1. The molecule has 2 aromatic rings. The first-order valence-corrected chi connectivity index (χ1v) is 10.5. The molecule has 2 atom stereocenters. The zero-order chi connectivity index (χ0) is 20.8. The molecule has 29 heavy (non-hydrogen) atoms. The molecule has 2 aromatic carbocycles. The molecule has 2 N–H and O–H groups in total. The number of hydrogen-bond donors (Lipinski definition) is 2. The first-order chi connectivity index (χ1) is 14.1. The van der Waals surface area contributed by atoms with Crippen molar-refractivity contribution in [3.05, 3.63) is 59.2 Å². The van der Waals surface area contributed by atoms with Gasteiger partial charge in [-0.2, -0.15) is 0 Å². The van der Waals surface area contributed by atoms with Gasteiger partial charge in [0, 0.05) is 25.7 Å². The Kier molecular flexibility index (Phi) is 7.34. The van der Waals surface area contributed by atoms with Crippen LogP contribution in [0.3, 0.4) is 0 Å². The summed E-state index contributed by atoms with van der Waals surface area (Å²) < 4.78 is 11.1. The van der Waals surface area contributed by atoms with Crippen LogP contribution >= 0.6 is 12.2 Å². The highest BCUT2D eigenvalue weighted by molar-refractivity contribution is 7.80. The predicted octanol–water partition coefficient (Wildman–Crippen LogP) is 3.68. The van der Waals surface area contributed by atoms with Gasteiger partial charge in [0.1, 0.15) is 0 Å². The molecule has 0 radical (unpaired) electrons. The van der Waals surface area contributed by atoms with E-state index in [0.717, 1.165) is 37.6 Å². The van der Waals surface area contributed by atoms with E-state index in [1.807, 2.05) is 6.92 Å². The molecule has 1 aliphatic heterocycles. The molecular formula is C23H31N3O2S. The highest BCUT2D eigenvalue weighted by Gasteiger charge is 2.33. The molecule has 6 heteroatoms. The molecule has 156 valence electrons. The van der Waals surface area contributed by atoms with E-state index in [-0.39, 0.29) is 12.1 Å². The molecule has 0 saturated heterocycles. The smallest absolute Gasteiger partial charge is 0.166 e. The molecule has 0 amide bonds. The molecule has 0 fully saturated rings. The maximum absolute atomic E-state index is 5.60.